The smallest absolute Gasteiger partial charge is 0.165 e. The molecule has 0 radical (unpaired) electrons. The van der Waals surface area contributed by atoms with Gasteiger partial charge in [0.2, 0.25) is 0 Å². The number of fused-ring (bicyclic) bond motifs is 1. The number of anilines is 1. The lowest BCUT2D eigenvalue weighted by atomic mass is 9.79. The number of hydrogen-bond acceptors (Lipinski definition) is 5. The third kappa shape index (κ3) is 6.79. The van der Waals surface area contributed by atoms with Crippen molar-refractivity contribution < 1.29 is 19.0 Å². The van der Waals surface area contributed by atoms with E-state index in [0.717, 1.165) is 55.6 Å². The molecule has 1 aliphatic carbocycles. The fraction of sp³-hybridized carbons (Fsp3) is 0.438. The number of hydrogen-bond donors (Lipinski definition) is 2. The summed E-state index contributed by atoms with van der Waals surface area (Å²) in [5.74, 6) is 1.55. The fourth-order valence-corrected chi connectivity index (χ4v) is 4.89. The molecular weight excluding hydrogens is 479 g/mol. The first-order valence-corrected chi connectivity index (χ1v) is 13.5. The standard InChI is InChI=1S/C32H41FN2O3/c1-32(2,35(3)4)21-38-31-15-8-22(17-29(31)33)7-6-16-34-30-20-27(37-5)13-14-28(30)25-10-9-24-19-26(36)12-11-23(24)18-25/h8,11-15,17,19-20,25,34,36H,6-7,9-10,16,18,21H2,1-5H3. The summed E-state index contributed by atoms with van der Waals surface area (Å²) in [6.45, 7) is 5.32. The Morgan fingerprint density at radius 3 is 2.61 bits per heavy atom. The van der Waals surface area contributed by atoms with Gasteiger partial charge in [0.1, 0.15) is 18.1 Å². The van der Waals surface area contributed by atoms with Crippen LogP contribution in [-0.4, -0.2) is 49.9 Å². The number of nitrogens with zero attached hydrogens (tertiary/aromatic N) is 1. The lowest BCUT2D eigenvalue weighted by molar-refractivity contribution is 0.111. The second-order valence-corrected chi connectivity index (χ2v) is 11.1. The maximum absolute atomic E-state index is 14.7. The Labute approximate surface area is 226 Å². The van der Waals surface area contributed by atoms with Gasteiger partial charge in [-0.2, -0.15) is 0 Å². The Bertz CT molecular complexity index is 1240. The van der Waals surface area contributed by atoms with E-state index < -0.39 is 0 Å². The van der Waals surface area contributed by atoms with Crippen molar-refractivity contribution in [1.29, 1.82) is 0 Å². The summed E-state index contributed by atoms with van der Waals surface area (Å²) in [6, 6.07) is 17.3. The molecule has 0 heterocycles. The molecule has 3 aromatic rings. The lowest BCUT2D eigenvalue weighted by Crippen LogP contribution is -2.43. The molecule has 1 aliphatic rings. The van der Waals surface area contributed by atoms with Crippen LogP contribution in [0.3, 0.4) is 0 Å². The highest BCUT2D eigenvalue weighted by Crippen LogP contribution is 2.38. The first-order chi connectivity index (χ1) is 18.2. The van der Waals surface area contributed by atoms with E-state index in [1.807, 2.05) is 38.4 Å². The summed E-state index contributed by atoms with van der Waals surface area (Å²) >= 11 is 0. The van der Waals surface area contributed by atoms with E-state index in [1.165, 1.54) is 16.7 Å². The van der Waals surface area contributed by atoms with Crippen molar-refractivity contribution in [2.45, 2.75) is 57.4 Å². The molecule has 1 atom stereocenters. The molecule has 5 nitrogen and oxygen atoms in total. The Morgan fingerprint density at radius 1 is 1.05 bits per heavy atom. The SMILES string of the molecule is COc1ccc(C2CCc3cc(O)ccc3C2)c(NCCCc2ccc(OCC(C)(C)N(C)C)c(F)c2)c1. The van der Waals surface area contributed by atoms with Crippen molar-refractivity contribution in [3.05, 3.63) is 82.7 Å². The molecule has 4 rings (SSSR count). The van der Waals surface area contributed by atoms with E-state index in [-0.39, 0.29) is 11.4 Å². The summed E-state index contributed by atoms with van der Waals surface area (Å²) in [5.41, 5.74) is 5.71. The van der Waals surface area contributed by atoms with E-state index in [2.05, 4.69) is 36.2 Å². The molecule has 6 heteroatoms. The number of rotatable bonds is 11. The summed E-state index contributed by atoms with van der Waals surface area (Å²) in [7, 11) is 5.67. The molecule has 0 saturated carbocycles. The molecule has 0 amide bonds. The van der Waals surface area contributed by atoms with Crippen LogP contribution in [0.2, 0.25) is 0 Å². The maximum atomic E-state index is 14.7. The number of aryl methyl sites for hydroxylation is 2. The van der Waals surface area contributed by atoms with Gasteiger partial charge in [0.05, 0.1) is 7.11 Å². The van der Waals surface area contributed by atoms with Crippen LogP contribution in [0.25, 0.3) is 0 Å². The van der Waals surface area contributed by atoms with Crippen LogP contribution in [0.15, 0.2) is 54.6 Å². The fourth-order valence-electron chi connectivity index (χ4n) is 4.89. The number of phenolic OH excluding ortho intramolecular Hbond substituents is 1. The molecule has 1 unspecified atom stereocenters. The predicted molar refractivity (Wildman–Crippen MR) is 152 cm³/mol. The van der Waals surface area contributed by atoms with Gasteiger partial charge in [-0.15, -0.1) is 0 Å². The first-order valence-electron chi connectivity index (χ1n) is 13.5. The number of benzene rings is 3. The van der Waals surface area contributed by atoms with Crippen LogP contribution in [0, 0.1) is 5.82 Å². The Hall–Kier alpha value is -3.25. The lowest BCUT2D eigenvalue weighted by Gasteiger charge is -2.32. The van der Waals surface area contributed by atoms with Crippen LogP contribution in [0.4, 0.5) is 10.1 Å². The van der Waals surface area contributed by atoms with Crippen LogP contribution in [-0.2, 0) is 19.3 Å². The van der Waals surface area contributed by atoms with Gasteiger partial charge in [0.15, 0.2) is 11.6 Å². The molecule has 0 saturated heterocycles. The topological polar surface area (TPSA) is 54.0 Å². The second kappa shape index (κ2) is 12.1. The van der Waals surface area contributed by atoms with E-state index in [1.54, 1.807) is 25.3 Å². The van der Waals surface area contributed by atoms with Gasteiger partial charge in [0, 0.05) is 23.8 Å². The van der Waals surface area contributed by atoms with Crippen LogP contribution in [0.5, 0.6) is 17.2 Å². The molecule has 2 N–H and O–H groups in total. The molecule has 0 bridgehead atoms. The zero-order valence-corrected chi connectivity index (χ0v) is 23.3. The van der Waals surface area contributed by atoms with Crippen LogP contribution < -0.4 is 14.8 Å². The summed E-state index contributed by atoms with van der Waals surface area (Å²) in [4.78, 5) is 2.07. The van der Waals surface area contributed by atoms with Crippen molar-refractivity contribution in [3.8, 4) is 17.2 Å². The number of nitrogens with one attached hydrogen (secondary N) is 1. The minimum atomic E-state index is -0.314. The third-order valence-electron chi connectivity index (χ3n) is 7.86. The number of ether oxygens (including phenoxy) is 2. The molecule has 204 valence electrons. The molecule has 38 heavy (non-hydrogen) atoms. The first kappa shape index (κ1) is 27.8. The molecule has 3 aromatic carbocycles. The highest BCUT2D eigenvalue weighted by atomic mass is 19.1. The number of methoxy groups -OCH3 is 1. The zero-order valence-electron chi connectivity index (χ0n) is 23.3. The van der Waals surface area contributed by atoms with Crippen molar-refractivity contribution >= 4 is 5.69 Å². The van der Waals surface area contributed by atoms with Gasteiger partial charge in [0.25, 0.3) is 0 Å². The van der Waals surface area contributed by atoms with Gasteiger partial charge in [-0.3, -0.25) is 0 Å². The van der Waals surface area contributed by atoms with Gasteiger partial charge >= 0.3 is 0 Å². The molecule has 0 spiro atoms. The summed E-state index contributed by atoms with van der Waals surface area (Å²) in [5, 5.41) is 13.4. The average Bonchev–Trinajstić information content (AvgIpc) is 2.90. The molecule has 0 fully saturated rings. The summed E-state index contributed by atoms with van der Waals surface area (Å²) in [6.07, 6.45) is 4.59. The number of halogens is 1. The van der Waals surface area contributed by atoms with Crippen molar-refractivity contribution in [2.75, 3.05) is 39.7 Å². The number of likely N-dealkylation sites (N-methyl/N-ethyl adjacent to an activating group) is 1. The van der Waals surface area contributed by atoms with Crippen molar-refractivity contribution in [1.82, 2.24) is 4.90 Å². The van der Waals surface area contributed by atoms with Gasteiger partial charge in [-0.25, -0.2) is 4.39 Å². The van der Waals surface area contributed by atoms with Crippen molar-refractivity contribution in [2.24, 2.45) is 0 Å². The third-order valence-corrected chi connectivity index (χ3v) is 7.86. The van der Waals surface area contributed by atoms with Gasteiger partial charge in [-0.05, 0) is 119 Å². The average molecular weight is 521 g/mol. The maximum Gasteiger partial charge on any atom is 0.165 e. The Balaban J connectivity index is 1.35. The summed E-state index contributed by atoms with van der Waals surface area (Å²) < 4.78 is 26.0. The highest BCUT2D eigenvalue weighted by molar-refractivity contribution is 5.57. The van der Waals surface area contributed by atoms with Gasteiger partial charge < -0.3 is 24.8 Å². The zero-order chi connectivity index (χ0) is 27.3. The molecular formula is C32H41FN2O3. The van der Waals surface area contributed by atoms with E-state index in [0.29, 0.717) is 24.0 Å². The van der Waals surface area contributed by atoms with E-state index >= 15 is 0 Å². The Morgan fingerprint density at radius 2 is 1.87 bits per heavy atom. The normalized spacial score (nSPS) is 15.3. The Kier molecular flexibility index (Phi) is 8.83. The van der Waals surface area contributed by atoms with E-state index in [4.69, 9.17) is 9.47 Å². The molecule has 0 aliphatic heterocycles. The molecule has 0 aromatic heterocycles. The minimum absolute atomic E-state index is 0.181. The minimum Gasteiger partial charge on any atom is -0.508 e. The van der Waals surface area contributed by atoms with Crippen molar-refractivity contribution in [3.63, 3.8) is 0 Å². The monoisotopic (exact) mass is 520 g/mol. The number of phenols is 1. The van der Waals surface area contributed by atoms with Gasteiger partial charge in [-0.1, -0.05) is 18.2 Å². The predicted octanol–water partition coefficient (Wildman–Crippen LogP) is 6.58. The largest absolute Gasteiger partial charge is 0.508 e. The van der Waals surface area contributed by atoms with Crippen LogP contribution in [0.1, 0.15) is 54.9 Å². The van der Waals surface area contributed by atoms with Crippen LogP contribution >= 0.6 is 0 Å². The quantitative estimate of drug-likeness (QED) is 0.280. The second-order valence-electron chi connectivity index (χ2n) is 11.1. The van der Waals surface area contributed by atoms with E-state index in [9.17, 15) is 9.50 Å². The highest BCUT2D eigenvalue weighted by Gasteiger charge is 2.24. The number of aromatic hydroxyl groups is 1.